The zero-order valence-corrected chi connectivity index (χ0v) is 11.8. The number of aryl methyl sites for hydroxylation is 2. The van der Waals surface area contributed by atoms with Gasteiger partial charge in [0.1, 0.15) is 0 Å². The molecule has 4 nitrogen and oxygen atoms in total. The Hall–Kier alpha value is -1.39. The first kappa shape index (κ1) is 14.0. The lowest BCUT2D eigenvalue weighted by Gasteiger charge is -2.32. The molecule has 1 aliphatic rings. The lowest BCUT2D eigenvalue weighted by Crippen LogP contribution is -2.46. The molecule has 1 fully saturated rings. The molecule has 1 saturated heterocycles. The minimum absolute atomic E-state index is 0.286. The predicted octanol–water partition coefficient (Wildman–Crippen LogP) is 1.68. The van der Waals surface area contributed by atoms with Crippen LogP contribution in [0.15, 0.2) is 18.2 Å². The molecule has 0 radical (unpaired) electrons. The molecular formula is C15H21NO3. The summed E-state index contributed by atoms with van der Waals surface area (Å²) < 4.78 is 10.2. The number of morpholine rings is 1. The summed E-state index contributed by atoms with van der Waals surface area (Å²) in [6, 6.07) is 6.33. The van der Waals surface area contributed by atoms with Crippen LogP contribution >= 0.6 is 0 Å². The van der Waals surface area contributed by atoms with E-state index >= 15 is 0 Å². The summed E-state index contributed by atoms with van der Waals surface area (Å²) in [7, 11) is 1.40. The number of carbonyl (C=O) groups excluding carboxylic acids is 1. The molecule has 0 saturated carbocycles. The van der Waals surface area contributed by atoms with Gasteiger partial charge in [-0.25, -0.2) is 4.79 Å². The summed E-state index contributed by atoms with van der Waals surface area (Å²) in [4.78, 5) is 13.8. The number of benzene rings is 1. The maximum Gasteiger partial charge on any atom is 0.336 e. The average molecular weight is 263 g/mol. The minimum Gasteiger partial charge on any atom is -0.467 e. The van der Waals surface area contributed by atoms with Gasteiger partial charge in [0.2, 0.25) is 0 Å². The Kier molecular flexibility index (Phi) is 4.56. The molecule has 1 unspecified atom stereocenters. The fraction of sp³-hybridized carbons (Fsp3) is 0.533. The molecule has 1 heterocycles. The number of hydrogen-bond acceptors (Lipinski definition) is 4. The number of carbonyl (C=O) groups is 1. The van der Waals surface area contributed by atoms with E-state index in [1.807, 2.05) is 0 Å². The summed E-state index contributed by atoms with van der Waals surface area (Å²) in [6.45, 7) is 7.13. The number of ether oxygens (including phenoxy) is 2. The zero-order valence-electron chi connectivity index (χ0n) is 11.8. The van der Waals surface area contributed by atoms with Crippen molar-refractivity contribution in [1.29, 1.82) is 0 Å². The van der Waals surface area contributed by atoms with Crippen LogP contribution in [0.5, 0.6) is 0 Å². The van der Waals surface area contributed by atoms with Gasteiger partial charge in [0, 0.05) is 19.6 Å². The topological polar surface area (TPSA) is 38.8 Å². The Labute approximate surface area is 114 Å². The van der Waals surface area contributed by atoms with E-state index in [9.17, 15) is 4.79 Å². The molecule has 4 heteroatoms. The van der Waals surface area contributed by atoms with Gasteiger partial charge in [-0.05, 0) is 30.5 Å². The lowest BCUT2D eigenvalue weighted by atomic mass is 10.0. The van der Waals surface area contributed by atoms with Gasteiger partial charge in [-0.1, -0.05) is 18.2 Å². The maximum atomic E-state index is 11.5. The van der Waals surface area contributed by atoms with Crippen molar-refractivity contribution < 1.29 is 14.3 Å². The van der Waals surface area contributed by atoms with Gasteiger partial charge in [0.15, 0.2) is 6.10 Å². The van der Waals surface area contributed by atoms with Crippen LogP contribution in [-0.2, 0) is 20.8 Å². The first-order valence-electron chi connectivity index (χ1n) is 6.58. The third-order valence-electron chi connectivity index (χ3n) is 3.64. The second-order valence-corrected chi connectivity index (χ2v) is 4.99. The highest BCUT2D eigenvalue weighted by molar-refractivity contribution is 5.74. The number of rotatable bonds is 3. The summed E-state index contributed by atoms with van der Waals surface area (Å²) in [5, 5.41) is 0. The zero-order chi connectivity index (χ0) is 13.8. The summed E-state index contributed by atoms with van der Waals surface area (Å²) in [6.07, 6.45) is -0.455. The van der Waals surface area contributed by atoms with Gasteiger partial charge in [0.25, 0.3) is 0 Å². The van der Waals surface area contributed by atoms with Crippen LogP contribution in [0.2, 0.25) is 0 Å². The molecule has 1 atom stereocenters. The van der Waals surface area contributed by atoms with E-state index in [1.165, 1.54) is 23.8 Å². The van der Waals surface area contributed by atoms with Gasteiger partial charge in [-0.3, -0.25) is 4.90 Å². The second kappa shape index (κ2) is 6.17. The smallest absolute Gasteiger partial charge is 0.336 e. The van der Waals surface area contributed by atoms with E-state index in [2.05, 4.69) is 36.9 Å². The quantitative estimate of drug-likeness (QED) is 0.778. The highest BCUT2D eigenvalue weighted by atomic mass is 16.6. The average Bonchev–Trinajstić information content (AvgIpc) is 2.42. The van der Waals surface area contributed by atoms with Crippen molar-refractivity contribution in [2.45, 2.75) is 26.5 Å². The molecule has 0 amide bonds. The van der Waals surface area contributed by atoms with Gasteiger partial charge >= 0.3 is 5.97 Å². The minimum atomic E-state index is -0.455. The van der Waals surface area contributed by atoms with E-state index in [0.717, 1.165) is 13.1 Å². The van der Waals surface area contributed by atoms with Crippen molar-refractivity contribution in [3.8, 4) is 0 Å². The molecule has 0 aromatic heterocycles. The summed E-state index contributed by atoms with van der Waals surface area (Å²) in [5.74, 6) is -0.286. The molecule has 104 valence electrons. The molecular weight excluding hydrogens is 242 g/mol. The number of methoxy groups -OCH3 is 1. The van der Waals surface area contributed by atoms with Crippen LogP contribution in [-0.4, -0.2) is 43.8 Å². The Bertz CT molecular complexity index is 438. The predicted molar refractivity (Wildman–Crippen MR) is 72.9 cm³/mol. The first-order valence-corrected chi connectivity index (χ1v) is 6.58. The van der Waals surface area contributed by atoms with E-state index in [1.54, 1.807) is 0 Å². The molecule has 19 heavy (non-hydrogen) atoms. The molecule has 0 spiro atoms. The number of esters is 1. The molecule has 0 bridgehead atoms. The van der Waals surface area contributed by atoms with Crippen LogP contribution < -0.4 is 0 Å². The monoisotopic (exact) mass is 263 g/mol. The van der Waals surface area contributed by atoms with E-state index in [-0.39, 0.29) is 5.97 Å². The fourth-order valence-corrected chi connectivity index (χ4v) is 2.44. The van der Waals surface area contributed by atoms with Gasteiger partial charge in [-0.15, -0.1) is 0 Å². The van der Waals surface area contributed by atoms with Crippen molar-refractivity contribution in [1.82, 2.24) is 4.90 Å². The number of hydrogen-bond donors (Lipinski definition) is 0. The van der Waals surface area contributed by atoms with Crippen LogP contribution in [0.4, 0.5) is 0 Å². The van der Waals surface area contributed by atoms with Crippen LogP contribution in [0.3, 0.4) is 0 Å². The van der Waals surface area contributed by atoms with Crippen molar-refractivity contribution >= 4 is 5.97 Å². The van der Waals surface area contributed by atoms with Gasteiger partial charge in [0.05, 0.1) is 13.7 Å². The second-order valence-electron chi connectivity index (χ2n) is 4.99. The molecule has 2 rings (SSSR count). The molecule has 1 aliphatic heterocycles. The standard InChI is InChI=1S/C15H21NO3/c1-11-5-4-6-12(2)13(11)9-16-7-8-19-14(10-16)15(17)18-3/h4-6,14H,7-10H2,1-3H3. The molecule has 1 aromatic rings. The van der Waals surface area contributed by atoms with Crippen molar-refractivity contribution in [2.75, 3.05) is 26.8 Å². The normalized spacial score (nSPS) is 20.3. The molecule has 1 aromatic carbocycles. The molecule has 0 N–H and O–H groups in total. The third kappa shape index (κ3) is 3.33. The number of nitrogens with zero attached hydrogens (tertiary/aromatic N) is 1. The third-order valence-corrected chi connectivity index (χ3v) is 3.64. The highest BCUT2D eigenvalue weighted by Gasteiger charge is 2.27. The van der Waals surface area contributed by atoms with Gasteiger partial charge in [-0.2, -0.15) is 0 Å². The van der Waals surface area contributed by atoms with Crippen LogP contribution in [0.25, 0.3) is 0 Å². The van der Waals surface area contributed by atoms with E-state index in [4.69, 9.17) is 9.47 Å². The Morgan fingerprint density at radius 1 is 1.42 bits per heavy atom. The molecule has 0 aliphatic carbocycles. The highest BCUT2D eigenvalue weighted by Crippen LogP contribution is 2.17. The maximum absolute atomic E-state index is 11.5. The van der Waals surface area contributed by atoms with E-state index in [0.29, 0.717) is 13.2 Å². The Morgan fingerprint density at radius 2 is 2.11 bits per heavy atom. The van der Waals surface area contributed by atoms with Crippen molar-refractivity contribution in [3.05, 3.63) is 34.9 Å². The summed E-state index contributed by atoms with van der Waals surface area (Å²) >= 11 is 0. The van der Waals surface area contributed by atoms with Gasteiger partial charge < -0.3 is 9.47 Å². The first-order chi connectivity index (χ1) is 9.11. The van der Waals surface area contributed by atoms with Crippen LogP contribution in [0, 0.1) is 13.8 Å². The Morgan fingerprint density at radius 3 is 2.74 bits per heavy atom. The largest absolute Gasteiger partial charge is 0.467 e. The van der Waals surface area contributed by atoms with Crippen molar-refractivity contribution in [3.63, 3.8) is 0 Å². The summed E-state index contributed by atoms with van der Waals surface area (Å²) in [5.41, 5.74) is 3.93. The van der Waals surface area contributed by atoms with E-state index < -0.39 is 6.10 Å². The van der Waals surface area contributed by atoms with Crippen LogP contribution in [0.1, 0.15) is 16.7 Å². The lowest BCUT2D eigenvalue weighted by molar-refractivity contribution is -0.160. The Balaban J connectivity index is 2.05. The fourth-order valence-electron chi connectivity index (χ4n) is 2.44. The van der Waals surface area contributed by atoms with Crippen molar-refractivity contribution in [2.24, 2.45) is 0 Å². The SMILES string of the molecule is COC(=O)C1CN(Cc2c(C)cccc2C)CCO1.